The van der Waals surface area contributed by atoms with Gasteiger partial charge in [0.1, 0.15) is 5.41 Å². The van der Waals surface area contributed by atoms with E-state index in [1.165, 1.54) is 0 Å². The fourth-order valence-electron chi connectivity index (χ4n) is 2.61. The van der Waals surface area contributed by atoms with Crippen molar-refractivity contribution in [3.05, 3.63) is 0 Å². The molecule has 0 unspecified atom stereocenters. The summed E-state index contributed by atoms with van der Waals surface area (Å²) in [6, 6.07) is 0.186. The van der Waals surface area contributed by atoms with Crippen LogP contribution in [0.2, 0.25) is 0 Å². The van der Waals surface area contributed by atoms with Crippen molar-refractivity contribution in [1.29, 1.82) is 0 Å². The van der Waals surface area contributed by atoms with Crippen LogP contribution < -0.4 is 5.73 Å². The molecule has 108 valence electrons. The van der Waals surface area contributed by atoms with E-state index in [1.54, 1.807) is 4.90 Å². The predicted octanol–water partition coefficient (Wildman–Crippen LogP) is -0.487. The molecule has 1 saturated heterocycles. The molecule has 0 radical (unpaired) electrons. The van der Waals surface area contributed by atoms with E-state index in [0.717, 1.165) is 12.8 Å². The number of hydrogen-bond donors (Lipinski definition) is 3. The number of amidine groups is 1. The van der Waals surface area contributed by atoms with Gasteiger partial charge in [0.2, 0.25) is 5.91 Å². The summed E-state index contributed by atoms with van der Waals surface area (Å²) in [5.74, 6) is -0.202. The molecule has 1 saturated carbocycles. The molecule has 4 N–H and O–H groups in total. The van der Waals surface area contributed by atoms with Gasteiger partial charge >= 0.3 is 0 Å². The molecule has 1 aliphatic heterocycles. The zero-order valence-corrected chi connectivity index (χ0v) is 10.9. The molecule has 0 aromatic rings. The number of carbonyl (C=O) groups excluding carboxylic acids is 1. The Bertz CT molecular complexity index is 362. The maximum absolute atomic E-state index is 12.8. The summed E-state index contributed by atoms with van der Waals surface area (Å²) in [6.45, 7) is 1.05. The van der Waals surface area contributed by atoms with Crippen LogP contribution in [-0.4, -0.2) is 59.4 Å². The minimum Gasteiger partial charge on any atom is -0.409 e. The van der Waals surface area contributed by atoms with E-state index in [1.807, 2.05) is 0 Å². The molecule has 1 amide bonds. The van der Waals surface area contributed by atoms with E-state index < -0.39 is 5.41 Å². The topological polar surface area (TPSA) is 108 Å². The van der Waals surface area contributed by atoms with Gasteiger partial charge in [-0.2, -0.15) is 0 Å². The molecule has 0 atom stereocenters. The molecule has 2 aliphatic rings. The number of carbonyl (C=O) groups is 1. The highest BCUT2D eigenvalue weighted by Gasteiger charge is 2.49. The second kappa shape index (κ2) is 5.75. The number of ether oxygens (including phenoxy) is 1. The molecule has 19 heavy (non-hydrogen) atoms. The summed E-state index contributed by atoms with van der Waals surface area (Å²) < 4.78 is 5.27. The Hall–Kier alpha value is -1.34. The lowest BCUT2D eigenvalue weighted by molar-refractivity contribution is -0.143. The van der Waals surface area contributed by atoms with Gasteiger partial charge < -0.3 is 25.7 Å². The standard InChI is InChI=1S/C12H21N3O4/c13-10(14-18)12(3-7-19-8-4-12)11(17)15(5-6-16)9-1-2-9/h9,16,18H,1-8H2,(H2,13,14). The fraction of sp³-hybridized carbons (Fsp3) is 0.833. The number of oxime groups is 1. The summed E-state index contributed by atoms with van der Waals surface area (Å²) in [5.41, 5.74) is 4.79. The third kappa shape index (κ3) is 2.66. The van der Waals surface area contributed by atoms with Crippen LogP contribution in [0, 0.1) is 5.41 Å². The Labute approximate surface area is 112 Å². The third-order valence-corrected chi connectivity index (χ3v) is 3.94. The van der Waals surface area contributed by atoms with Crippen molar-refractivity contribution < 1.29 is 19.8 Å². The Balaban J connectivity index is 2.23. The number of aliphatic hydroxyl groups is 1. The number of rotatable bonds is 5. The summed E-state index contributed by atoms with van der Waals surface area (Å²) in [5, 5.41) is 21.1. The van der Waals surface area contributed by atoms with Crippen LogP contribution in [0.15, 0.2) is 5.16 Å². The van der Waals surface area contributed by atoms with Crippen LogP contribution in [-0.2, 0) is 9.53 Å². The number of nitrogens with two attached hydrogens (primary N) is 1. The lowest BCUT2D eigenvalue weighted by Gasteiger charge is -2.38. The van der Waals surface area contributed by atoms with E-state index in [4.69, 9.17) is 20.8 Å². The average molecular weight is 271 g/mol. The highest BCUT2D eigenvalue weighted by molar-refractivity contribution is 6.07. The highest BCUT2D eigenvalue weighted by Crippen LogP contribution is 2.37. The molecule has 2 fully saturated rings. The summed E-state index contributed by atoms with van der Waals surface area (Å²) in [7, 11) is 0. The Morgan fingerprint density at radius 3 is 2.53 bits per heavy atom. The molecule has 7 heteroatoms. The van der Waals surface area contributed by atoms with Crippen LogP contribution >= 0.6 is 0 Å². The number of amides is 1. The van der Waals surface area contributed by atoms with E-state index in [9.17, 15) is 4.79 Å². The monoisotopic (exact) mass is 271 g/mol. The quantitative estimate of drug-likeness (QED) is 0.271. The van der Waals surface area contributed by atoms with Crippen molar-refractivity contribution in [1.82, 2.24) is 4.90 Å². The van der Waals surface area contributed by atoms with Crippen LogP contribution in [0.5, 0.6) is 0 Å². The maximum atomic E-state index is 12.8. The lowest BCUT2D eigenvalue weighted by Crippen LogP contribution is -2.55. The van der Waals surface area contributed by atoms with Crippen LogP contribution in [0.4, 0.5) is 0 Å². The Morgan fingerprint density at radius 1 is 1.42 bits per heavy atom. The Morgan fingerprint density at radius 2 is 2.05 bits per heavy atom. The van der Waals surface area contributed by atoms with Crippen LogP contribution in [0.1, 0.15) is 25.7 Å². The second-order valence-electron chi connectivity index (χ2n) is 5.13. The molecule has 2 rings (SSSR count). The minimum atomic E-state index is -0.981. The van der Waals surface area contributed by atoms with Crippen molar-refractivity contribution >= 4 is 11.7 Å². The van der Waals surface area contributed by atoms with Crippen molar-refractivity contribution in [2.45, 2.75) is 31.7 Å². The second-order valence-corrected chi connectivity index (χ2v) is 5.13. The zero-order valence-electron chi connectivity index (χ0n) is 10.9. The first-order valence-corrected chi connectivity index (χ1v) is 6.63. The molecule has 7 nitrogen and oxygen atoms in total. The Kier molecular flexibility index (Phi) is 4.26. The average Bonchev–Trinajstić information content (AvgIpc) is 3.28. The molecule has 0 spiro atoms. The van der Waals surface area contributed by atoms with Gasteiger partial charge in [-0.15, -0.1) is 0 Å². The molecule has 1 heterocycles. The summed E-state index contributed by atoms with van der Waals surface area (Å²) in [4.78, 5) is 14.4. The van der Waals surface area contributed by atoms with Gasteiger partial charge in [-0.3, -0.25) is 4.79 Å². The van der Waals surface area contributed by atoms with Crippen molar-refractivity contribution in [3.8, 4) is 0 Å². The predicted molar refractivity (Wildman–Crippen MR) is 67.7 cm³/mol. The van der Waals surface area contributed by atoms with Gasteiger partial charge in [0.25, 0.3) is 0 Å². The van der Waals surface area contributed by atoms with E-state index in [2.05, 4.69) is 5.16 Å². The SMILES string of the molecule is NC(=NO)C1(C(=O)N(CCO)C2CC2)CCOCC1. The van der Waals surface area contributed by atoms with Gasteiger partial charge in [0, 0.05) is 25.8 Å². The van der Waals surface area contributed by atoms with Crippen LogP contribution in [0.25, 0.3) is 0 Å². The van der Waals surface area contributed by atoms with Gasteiger partial charge in [-0.05, 0) is 25.7 Å². The van der Waals surface area contributed by atoms with Gasteiger partial charge in [0.15, 0.2) is 5.84 Å². The molecule has 0 bridgehead atoms. The first-order valence-electron chi connectivity index (χ1n) is 6.63. The fourth-order valence-corrected chi connectivity index (χ4v) is 2.61. The molecular weight excluding hydrogens is 250 g/mol. The van der Waals surface area contributed by atoms with Crippen molar-refractivity contribution in [3.63, 3.8) is 0 Å². The van der Waals surface area contributed by atoms with Crippen molar-refractivity contribution in [2.24, 2.45) is 16.3 Å². The smallest absolute Gasteiger partial charge is 0.237 e. The van der Waals surface area contributed by atoms with E-state index in [-0.39, 0.29) is 24.4 Å². The minimum absolute atomic E-state index is 0.0515. The maximum Gasteiger partial charge on any atom is 0.237 e. The van der Waals surface area contributed by atoms with E-state index in [0.29, 0.717) is 32.6 Å². The largest absolute Gasteiger partial charge is 0.409 e. The normalized spacial score (nSPS) is 23.1. The van der Waals surface area contributed by atoms with Gasteiger partial charge in [0.05, 0.1) is 6.61 Å². The number of hydrogen-bond acceptors (Lipinski definition) is 5. The van der Waals surface area contributed by atoms with E-state index >= 15 is 0 Å². The first-order chi connectivity index (χ1) is 9.15. The van der Waals surface area contributed by atoms with Gasteiger partial charge in [-0.1, -0.05) is 5.16 Å². The number of nitrogens with zero attached hydrogens (tertiary/aromatic N) is 2. The summed E-state index contributed by atoms with van der Waals surface area (Å²) >= 11 is 0. The third-order valence-electron chi connectivity index (χ3n) is 3.94. The van der Waals surface area contributed by atoms with Crippen LogP contribution in [0.3, 0.4) is 0 Å². The number of aliphatic hydroxyl groups excluding tert-OH is 1. The lowest BCUT2D eigenvalue weighted by atomic mass is 9.77. The molecule has 1 aliphatic carbocycles. The van der Waals surface area contributed by atoms with Crippen molar-refractivity contribution in [2.75, 3.05) is 26.4 Å². The molecular formula is C12H21N3O4. The first kappa shape index (κ1) is 14.1. The highest BCUT2D eigenvalue weighted by atomic mass is 16.5. The zero-order chi connectivity index (χ0) is 13.9. The van der Waals surface area contributed by atoms with Gasteiger partial charge in [-0.25, -0.2) is 0 Å². The molecule has 0 aromatic heterocycles. The summed E-state index contributed by atoms with van der Waals surface area (Å²) in [6.07, 6.45) is 2.73. The molecule has 0 aromatic carbocycles.